The standard InChI is InChI=1S/C30H28F2N4O5/c1-17-26(18-6-4-5-7-18)28(37)20(16-36(17)13-11-31)29(38)34-19-8-9-23(21(32)14-19)41-24-10-12-33-22-15-25(39-2)30(40-3)35-27(22)24/h6,8-10,12,14-16H,4-5,7,11,13H2,1-3H3,(H,34,38). The molecule has 0 atom stereocenters. The van der Waals surface area contributed by atoms with Gasteiger partial charge >= 0.3 is 0 Å². The van der Waals surface area contributed by atoms with Crippen LogP contribution in [-0.4, -0.2) is 41.3 Å². The van der Waals surface area contributed by atoms with Crippen LogP contribution >= 0.6 is 0 Å². The van der Waals surface area contributed by atoms with E-state index in [1.807, 2.05) is 6.08 Å². The van der Waals surface area contributed by atoms with Crippen LogP contribution in [0, 0.1) is 12.7 Å². The summed E-state index contributed by atoms with van der Waals surface area (Å²) in [7, 11) is 2.92. The number of pyridine rings is 3. The predicted octanol–water partition coefficient (Wildman–Crippen LogP) is 5.84. The molecule has 0 fully saturated rings. The highest BCUT2D eigenvalue weighted by Gasteiger charge is 2.22. The van der Waals surface area contributed by atoms with E-state index in [0.29, 0.717) is 34.5 Å². The molecule has 0 spiro atoms. The molecule has 5 rings (SSSR count). The monoisotopic (exact) mass is 562 g/mol. The quantitative estimate of drug-likeness (QED) is 0.273. The van der Waals surface area contributed by atoms with Gasteiger partial charge < -0.3 is 24.1 Å². The number of carbonyl (C=O) groups is 1. The number of halogens is 2. The van der Waals surface area contributed by atoms with E-state index in [4.69, 9.17) is 14.2 Å². The number of nitrogens with zero attached hydrogens (tertiary/aromatic N) is 3. The first-order valence-electron chi connectivity index (χ1n) is 13.0. The van der Waals surface area contributed by atoms with Crippen molar-refractivity contribution in [3.05, 3.63) is 81.7 Å². The van der Waals surface area contributed by atoms with Crippen LogP contribution < -0.4 is 25.0 Å². The number of hydrogen-bond donors (Lipinski definition) is 1. The van der Waals surface area contributed by atoms with E-state index in [9.17, 15) is 14.0 Å². The van der Waals surface area contributed by atoms with Crippen molar-refractivity contribution in [3.63, 3.8) is 0 Å². The maximum atomic E-state index is 15.1. The Morgan fingerprint density at radius 2 is 1.95 bits per heavy atom. The Hall–Kier alpha value is -4.80. The third kappa shape index (κ3) is 5.47. The van der Waals surface area contributed by atoms with E-state index >= 15 is 4.39 Å². The van der Waals surface area contributed by atoms with Crippen molar-refractivity contribution >= 4 is 28.2 Å². The number of anilines is 1. The molecule has 3 heterocycles. The lowest BCUT2D eigenvalue weighted by Gasteiger charge is -2.17. The van der Waals surface area contributed by atoms with Crippen molar-refractivity contribution in [1.82, 2.24) is 14.5 Å². The molecule has 0 unspecified atom stereocenters. The molecule has 1 amide bonds. The molecule has 212 valence electrons. The third-order valence-electron chi connectivity index (χ3n) is 6.91. The zero-order valence-electron chi connectivity index (χ0n) is 22.8. The van der Waals surface area contributed by atoms with Crippen LogP contribution in [0.3, 0.4) is 0 Å². The molecule has 0 radical (unpaired) electrons. The summed E-state index contributed by atoms with van der Waals surface area (Å²) in [6.07, 6.45) is 7.29. The van der Waals surface area contributed by atoms with Gasteiger partial charge in [-0.2, -0.15) is 0 Å². The lowest BCUT2D eigenvalue weighted by atomic mass is 10.0. The Balaban J connectivity index is 1.42. The van der Waals surface area contributed by atoms with Gasteiger partial charge in [0.2, 0.25) is 5.43 Å². The van der Waals surface area contributed by atoms with Gasteiger partial charge in [-0.25, -0.2) is 13.8 Å². The number of allylic oxidation sites excluding steroid dienone is 2. The molecule has 9 nitrogen and oxygen atoms in total. The number of fused-ring (bicyclic) bond motifs is 1. The summed E-state index contributed by atoms with van der Waals surface area (Å²) in [6.45, 7) is 1.10. The van der Waals surface area contributed by atoms with E-state index in [1.54, 1.807) is 17.6 Å². The summed E-state index contributed by atoms with van der Waals surface area (Å²) in [5.74, 6) is -0.778. The Labute approximate surface area is 234 Å². The number of aryl methyl sites for hydroxylation is 1. The molecule has 0 bridgehead atoms. The van der Waals surface area contributed by atoms with Crippen LogP contribution in [0.2, 0.25) is 0 Å². The van der Waals surface area contributed by atoms with E-state index in [1.165, 1.54) is 44.8 Å². The molecule has 0 saturated heterocycles. The smallest absolute Gasteiger partial charge is 0.261 e. The molecular formula is C30H28F2N4O5. The average Bonchev–Trinajstić information content (AvgIpc) is 3.50. The fourth-order valence-corrected chi connectivity index (χ4v) is 4.88. The SMILES string of the molecule is COc1cc2nccc(Oc3ccc(NC(=O)c4cn(CCF)c(C)c(C5=CCCC5)c4=O)cc3F)c2nc1OC. The van der Waals surface area contributed by atoms with Crippen LogP contribution in [0.1, 0.15) is 40.9 Å². The topological polar surface area (TPSA) is 105 Å². The summed E-state index contributed by atoms with van der Waals surface area (Å²) in [6, 6.07) is 7.05. The number of ether oxygens (including phenoxy) is 3. The summed E-state index contributed by atoms with van der Waals surface area (Å²) in [4.78, 5) is 35.2. The Kier molecular flexibility index (Phi) is 7.95. The number of alkyl halides is 1. The van der Waals surface area contributed by atoms with Crippen LogP contribution in [0.15, 0.2) is 53.6 Å². The van der Waals surface area contributed by atoms with Crippen molar-refractivity contribution in [3.8, 4) is 23.1 Å². The Morgan fingerprint density at radius 1 is 1.12 bits per heavy atom. The third-order valence-corrected chi connectivity index (χ3v) is 6.91. The van der Waals surface area contributed by atoms with Crippen LogP contribution in [-0.2, 0) is 6.54 Å². The van der Waals surface area contributed by atoms with Gasteiger partial charge in [-0.1, -0.05) is 6.08 Å². The number of carbonyl (C=O) groups excluding carboxylic acids is 1. The van der Waals surface area contributed by atoms with Crippen molar-refractivity contribution in [1.29, 1.82) is 0 Å². The molecule has 1 N–H and O–H groups in total. The van der Waals surface area contributed by atoms with Gasteiger partial charge in [0.15, 0.2) is 23.1 Å². The number of aromatic nitrogens is 3. The summed E-state index contributed by atoms with van der Waals surface area (Å²) in [5.41, 5.74) is 2.20. The largest absolute Gasteiger partial charge is 0.491 e. The molecule has 1 aliphatic carbocycles. The molecule has 11 heteroatoms. The van der Waals surface area contributed by atoms with Gasteiger partial charge in [0.1, 0.15) is 17.8 Å². The number of benzene rings is 1. The molecular weight excluding hydrogens is 534 g/mol. The number of hydrogen-bond acceptors (Lipinski definition) is 7. The number of nitrogens with one attached hydrogen (secondary N) is 1. The molecule has 0 aliphatic heterocycles. The van der Waals surface area contributed by atoms with Gasteiger partial charge in [-0.3, -0.25) is 14.6 Å². The highest BCUT2D eigenvalue weighted by molar-refractivity contribution is 6.04. The number of methoxy groups -OCH3 is 2. The molecule has 0 saturated carbocycles. The Morgan fingerprint density at radius 3 is 2.63 bits per heavy atom. The first-order valence-corrected chi connectivity index (χ1v) is 13.0. The molecule has 1 aromatic carbocycles. The van der Waals surface area contributed by atoms with E-state index in [-0.39, 0.29) is 35.2 Å². The van der Waals surface area contributed by atoms with Crippen LogP contribution in [0.5, 0.6) is 23.1 Å². The first-order chi connectivity index (χ1) is 19.8. The lowest BCUT2D eigenvalue weighted by Crippen LogP contribution is -2.28. The van der Waals surface area contributed by atoms with Crippen molar-refractivity contribution in [2.24, 2.45) is 0 Å². The van der Waals surface area contributed by atoms with Crippen molar-refractivity contribution < 1.29 is 27.8 Å². The highest BCUT2D eigenvalue weighted by atomic mass is 19.1. The molecule has 3 aromatic heterocycles. The zero-order valence-corrected chi connectivity index (χ0v) is 22.8. The fraction of sp³-hybridized carbons (Fsp3) is 0.267. The first kappa shape index (κ1) is 27.8. The lowest BCUT2D eigenvalue weighted by molar-refractivity contribution is 0.102. The van der Waals surface area contributed by atoms with Gasteiger partial charge in [0.25, 0.3) is 11.8 Å². The molecule has 4 aromatic rings. The Bertz CT molecular complexity index is 1730. The highest BCUT2D eigenvalue weighted by Crippen LogP contribution is 2.35. The van der Waals surface area contributed by atoms with Crippen LogP contribution in [0.4, 0.5) is 14.5 Å². The van der Waals surface area contributed by atoms with Gasteiger partial charge in [-0.15, -0.1) is 0 Å². The number of amides is 1. The summed E-state index contributed by atoms with van der Waals surface area (Å²) < 4.78 is 46.3. The van der Waals surface area contributed by atoms with Crippen LogP contribution in [0.25, 0.3) is 16.6 Å². The molecule has 1 aliphatic rings. The van der Waals surface area contributed by atoms with Gasteiger partial charge in [0, 0.05) is 47.5 Å². The number of rotatable bonds is 9. The summed E-state index contributed by atoms with van der Waals surface area (Å²) in [5, 5.41) is 2.58. The second kappa shape index (κ2) is 11.7. The predicted molar refractivity (Wildman–Crippen MR) is 150 cm³/mol. The van der Waals surface area contributed by atoms with Gasteiger partial charge in [-0.05, 0) is 43.9 Å². The van der Waals surface area contributed by atoms with E-state index in [0.717, 1.165) is 24.5 Å². The summed E-state index contributed by atoms with van der Waals surface area (Å²) >= 11 is 0. The normalized spacial score (nSPS) is 12.8. The minimum Gasteiger partial charge on any atom is -0.491 e. The van der Waals surface area contributed by atoms with Gasteiger partial charge in [0.05, 0.1) is 26.3 Å². The fourth-order valence-electron chi connectivity index (χ4n) is 4.88. The second-order valence-corrected chi connectivity index (χ2v) is 9.41. The van der Waals surface area contributed by atoms with E-state index < -0.39 is 23.8 Å². The second-order valence-electron chi connectivity index (χ2n) is 9.41. The van der Waals surface area contributed by atoms with Crippen molar-refractivity contribution in [2.75, 3.05) is 26.2 Å². The van der Waals surface area contributed by atoms with Crippen molar-refractivity contribution in [2.45, 2.75) is 32.7 Å². The van der Waals surface area contributed by atoms with E-state index in [2.05, 4.69) is 15.3 Å². The average molecular weight is 563 g/mol. The maximum Gasteiger partial charge on any atom is 0.261 e. The maximum absolute atomic E-state index is 15.1. The minimum absolute atomic E-state index is 0.00450. The zero-order chi connectivity index (χ0) is 29.1. The minimum atomic E-state index is -0.760. The molecule has 41 heavy (non-hydrogen) atoms.